The van der Waals surface area contributed by atoms with Gasteiger partial charge in [-0.25, -0.2) is 4.79 Å². The zero-order valence-electron chi connectivity index (χ0n) is 23.0. The van der Waals surface area contributed by atoms with Crippen LogP contribution in [0.15, 0.2) is 24.3 Å². The van der Waals surface area contributed by atoms with Crippen molar-refractivity contribution >= 4 is 17.9 Å². The molecule has 0 bridgehead atoms. The number of rotatable bonds is 8. The highest BCUT2D eigenvalue weighted by atomic mass is 16.6. The summed E-state index contributed by atoms with van der Waals surface area (Å²) >= 11 is 0. The molecule has 1 aliphatic carbocycles. The molecule has 2 atom stereocenters. The van der Waals surface area contributed by atoms with E-state index in [1.54, 1.807) is 25.7 Å². The molecular weight excluding hydrogens is 442 g/mol. The number of ether oxygens (including phenoxy) is 1. The maximum atomic E-state index is 14.1. The summed E-state index contributed by atoms with van der Waals surface area (Å²) in [6.45, 7) is 17.0. The molecule has 35 heavy (non-hydrogen) atoms. The number of amides is 3. The Hall–Kier alpha value is -2.57. The second-order valence-corrected chi connectivity index (χ2v) is 11.9. The van der Waals surface area contributed by atoms with Crippen LogP contribution in [0.25, 0.3) is 0 Å². The van der Waals surface area contributed by atoms with Crippen LogP contribution >= 0.6 is 0 Å². The second-order valence-electron chi connectivity index (χ2n) is 11.9. The molecule has 1 aromatic carbocycles. The van der Waals surface area contributed by atoms with Crippen LogP contribution in [0.3, 0.4) is 0 Å². The lowest BCUT2D eigenvalue weighted by molar-refractivity contribution is -0.148. The van der Waals surface area contributed by atoms with Crippen molar-refractivity contribution in [3.8, 4) is 0 Å². The van der Waals surface area contributed by atoms with Gasteiger partial charge >= 0.3 is 6.09 Å². The molecule has 2 unspecified atom stereocenters. The SMILES string of the molecule is CCc1ccc(C(C(=O)NC(C)(C)C)N(C(=O)C(NC(=O)OC(C)(C)C)C(C)C)C2CCC2)cc1. The van der Waals surface area contributed by atoms with E-state index in [4.69, 9.17) is 4.74 Å². The number of carbonyl (C=O) groups is 3. The van der Waals surface area contributed by atoms with E-state index in [0.717, 1.165) is 36.8 Å². The highest BCUT2D eigenvalue weighted by Crippen LogP contribution is 2.34. The van der Waals surface area contributed by atoms with Crippen molar-refractivity contribution in [3.05, 3.63) is 35.4 Å². The standard InChI is InChI=1S/C28H45N3O4/c1-10-19-14-16-20(17-15-19)23(24(32)30-27(4,5)6)31(21-12-11-13-21)25(33)22(18(2)3)29-26(34)35-28(7,8)9/h14-18,21-23H,10-13H2,1-9H3,(H,29,34)(H,30,32). The predicted molar refractivity (Wildman–Crippen MR) is 139 cm³/mol. The average Bonchev–Trinajstić information content (AvgIpc) is 2.67. The predicted octanol–water partition coefficient (Wildman–Crippen LogP) is 5.14. The molecule has 196 valence electrons. The summed E-state index contributed by atoms with van der Waals surface area (Å²) in [6, 6.07) is 6.23. The molecule has 0 aliphatic heterocycles. The summed E-state index contributed by atoms with van der Waals surface area (Å²) in [4.78, 5) is 42.1. The van der Waals surface area contributed by atoms with Crippen molar-refractivity contribution in [2.45, 2.75) is 117 Å². The quantitative estimate of drug-likeness (QED) is 0.532. The number of nitrogens with zero attached hydrogens (tertiary/aromatic N) is 1. The van der Waals surface area contributed by atoms with Crippen LogP contribution < -0.4 is 10.6 Å². The van der Waals surface area contributed by atoms with Crippen LogP contribution in [0.4, 0.5) is 4.79 Å². The molecule has 1 saturated carbocycles. The van der Waals surface area contributed by atoms with Crippen LogP contribution in [0.2, 0.25) is 0 Å². The van der Waals surface area contributed by atoms with Crippen molar-refractivity contribution in [1.29, 1.82) is 0 Å². The average molecular weight is 488 g/mol. The third-order valence-electron chi connectivity index (χ3n) is 6.06. The van der Waals surface area contributed by atoms with Crippen molar-refractivity contribution in [3.63, 3.8) is 0 Å². The Balaban J connectivity index is 2.49. The third-order valence-corrected chi connectivity index (χ3v) is 6.06. The monoisotopic (exact) mass is 487 g/mol. The molecule has 3 amide bonds. The molecule has 0 radical (unpaired) electrons. The Morgan fingerprint density at radius 2 is 1.60 bits per heavy atom. The lowest BCUT2D eigenvalue weighted by Gasteiger charge is -2.44. The zero-order valence-corrected chi connectivity index (χ0v) is 23.0. The smallest absolute Gasteiger partial charge is 0.408 e. The van der Waals surface area contributed by atoms with Crippen molar-refractivity contribution in [1.82, 2.24) is 15.5 Å². The summed E-state index contributed by atoms with van der Waals surface area (Å²) in [6.07, 6.45) is 2.91. The Kier molecular flexibility index (Phi) is 9.37. The first-order chi connectivity index (χ1) is 16.1. The summed E-state index contributed by atoms with van der Waals surface area (Å²) < 4.78 is 5.43. The Bertz CT molecular complexity index is 877. The number of alkyl carbamates (subject to hydrolysis) is 1. The minimum absolute atomic E-state index is 0.0641. The molecular formula is C28H45N3O4. The molecule has 1 fully saturated rings. The van der Waals surface area contributed by atoms with Crippen LogP contribution in [0, 0.1) is 5.92 Å². The van der Waals surface area contributed by atoms with Gasteiger partial charge in [0.25, 0.3) is 0 Å². The minimum atomic E-state index is -0.815. The van der Waals surface area contributed by atoms with Gasteiger partial charge in [-0.1, -0.05) is 45.0 Å². The van der Waals surface area contributed by atoms with E-state index in [1.807, 2.05) is 58.9 Å². The van der Waals surface area contributed by atoms with Gasteiger partial charge in [0.1, 0.15) is 17.7 Å². The van der Waals surface area contributed by atoms with Gasteiger partial charge in [0, 0.05) is 11.6 Å². The lowest BCUT2D eigenvalue weighted by atomic mass is 9.87. The molecule has 2 N–H and O–H groups in total. The Morgan fingerprint density at radius 3 is 2.00 bits per heavy atom. The fourth-order valence-corrected chi connectivity index (χ4v) is 4.10. The first-order valence-corrected chi connectivity index (χ1v) is 12.9. The molecule has 1 aliphatic rings. The largest absolute Gasteiger partial charge is 0.444 e. The lowest BCUT2D eigenvalue weighted by Crippen LogP contribution is -2.59. The van der Waals surface area contributed by atoms with E-state index in [2.05, 4.69) is 17.6 Å². The number of benzene rings is 1. The van der Waals surface area contributed by atoms with Gasteiger partial charge in [-0.2, -0.15) is 0 Å². The van der Waals surface area contributed by atoms with Crippen molar-refractivity contribution in [2.24, 2.45) is 5.92 Å². The highest BCUT2D eigenvalue weighted by molar-refractivity contribution is 5.92. The van der Waals surface area contributed by atoms with E-state index in [-0.39, 0.29) is 23.8 Å². The normalized spacial score (nSPS) is 16.2. The Labute approximate surface area is 211 Å². The summed E-state index contributed by atoms with van der Waals surface area (Å²) in [5.74, 6) is -0.669. The van der Waals surface area contributed by atoms with Crippen molar-refractivity contribution < 1.29 is 19.1 Å². The maximum Gasteiger partial charge on any atom is 0.408 e. The summed E-state index contributed by atoms with van der Waals surface area (Å²) in [5, 5.41) is 5.86. The van der Waals surface area contributed by atoms with E-state index < -0.39 is 29.3 Å². The molecule has 0 heterocycles. The number of aryl methyl sites for hydroxylation is 1. The topological polar surface area (TPSA) is 87.7 Å². The molecule has 7 heteroatoms. The fraction of sp³-hybridized carbons (Fsp3) is 0.679. The van der Waals surface area contributed by atoms with E-state index in [0.29, 0.717) is 0 Å². The minimum Gasteiger partial charge on any atom is -0.444 e. The highest BCUT2D eigenvalue weighted by Gasteiger charge is 2.43. The van der Waals surface area contributed by atoms with Crippen LogP contribution in [0.1, 0.15) is 98.7 Å². The molecule has 7 nitrogen and oxygen atoms in total. The first-order valence-electron chi connectivity index (χ1n) is 12.9. The first kappa shape index (κ1) is 28.7. The Morgan fingerprint density at radius 1 is 1.03 bits per heavy atom. The molecule has 1 aromatic rings. The summed E-state index contributed by atoms with van der Waals surface area (Å²) in [5.41, 5.74) is 0.790. The van der Waals surface area contributed by atoms with Gasteiger partial charge in [0.05, 0.1) is 0 Å². The zero-order chi connectivity index (χ0) is 26.6. The number of nitrogens with one attached hydrogen (secondary N) is 2. The van der Waals surface area contributed by atoms with Gasteiger partial charge in [-0.15, -0.1) is 0 Å². The van der Waals surface area contributed by atoms with Gasteiger partial charge in [-0.3, -0.25) is 9.59 Å². The van der Waals surface area contributed by atoms with Crippen LogP contribution in [-0.2, 0) is 20.7 Å². The van der Waals surface area contributed by atoms with Crippen molar-refractivity contribution in [2.75, 3.05) is 0 Å². The van der Waals surface area contributed by atoms with Crippen LogP contribution in [-0.4, -0.2) is 46.0 Å². The van der Waals surface area contributed by atoms with Gasteiger partial charge < -0.3 is 20.3 Å². The number of hydrogen-bond donors (Lipinski definition) is 2. The molecule has 0 aromatic heterocycles. The third kappa shape index (κ3) is 8.25. The van der Waals surface area contributed by atoms with Crippen LogP contribution in [0.5, 0.6) is 0 Å². The number of carbonyl (C=O) groups excluding carboxylic acids is 3. The second kappa shape index (κ2) is 11.4. The van der Waals surface area contributed by atoms with Gasteiger partial charge in [0.15, 0.2) is 0 Å². The molecule has 0 saturated heterocycles. The molecule has 0 spiro atoms. The van der Waals surface area contributed by atoms with Gasteiger partial charge in [0.2, 0.25) is 11.8 Å². The fourth-order valence-electron chi connectivity index (χ4n) is 4.10. The number of hydrogen-bond acceptors (Lipinski definition) is 4. The molecule has 2 rings (SSSR count). The van der Waals surface area contributed by atoms with Gasteiger partial charge in [-0.05, 0) is 84.3 Å². The van der Waals surface area contributed by atoms with E-state index in [9.17, 15) is 14.4 Å². The maximum absolute atomic E-state index is 14.1. The van der Waals surface area contributed by atoms with E-state index >= 15 is 0 Å². The summed E-state index contributed by atoms with van der Waals surface area (Å²) in [7, 11) is 0. The van der Waals surface area contributed by atoms with E-state index in [1.165, 1.54) is 0 Å².